The molecule has 1 aromatic heterocycles. The number of sulfonamides is 1. The Hall–Kier alpha value is -0.880. The van der Waals surface area contributed by atoms with Crippen LogP contribution in [0.15, 0.2) is 17.3 Å². The average Bonchev–Trinajstić information content (AvgIpc) is 2.52. The van der Waals surface area contributed by atoms with E-state index in [1.165, 1.54) is 12.3 Å². The molecule has 0 amide bonds. The summed E-state index contributed by atoms with van der Waals surface area (Å²) in [4.78, 5) is 0. The molecule has 0 bridgehead atoms. The molecule has 5 nitrogen and oxygen atoms in total. The first-order chi connectivity index (χ1) is 6.52. The van der Waals surface area contributed by atoms with Crippen LogP contribution >= 0.6 is 0 Å². The summed E-state index contributed by atoms with van der Waals surface area (Å²) >= 11 is 0. The zero-order valence-corrected chi connectivity index (χ0v) is 8.76. The standard InChI is InChI=1S/C8H13N3O2S/c1-8(4-2-5-8)11-14(12,13)7-3-6-9-10-7/h3,6,11H,2,4-5H2,1H3,(H,9,10). The second kappa shape index (κ2) is 3.06. The van der Waals surface area contributed by atoms with Gasteiger partial charge in [-0.1, -0.05) is 0 Å². The molecule has 2 N–H and O–H groups in total. The molecule has 0 aromatic carbocycles. The van der Waals surface area contributed by atoms with Crippen LogP contribution in [-0.4, -0.2) is 24.2 Å². The molecule has 0 unspecified atom stereocenters. The van der Waals surface area contributed by atoms with Crippen LogP contribution in [0.2, 0.25) is 0 Å². The van der Waals surface area contributed by atoms with Crippen molar-refractivity contribution in [3.63, 3.8) is 0 Å². The van der Waals surface area contributed by atoms with E-state index in [1.54, 1.807) is 0 Å². The predicted molar refractivity (Wildman–Crippen MR) is 51.2 cm³/mol. The van der Waals surface area contributed by atoms with E-state index >= 15 is 0 Å². The van der Waals surface area contributed by atoms with Gasteiger partial charge in [0.15, 0.2) is 5.03 Å². The number of aromatic amines is 1. The molecule has 78 valence electrons. The van der Waals surface area contributed by atoms with Crippen molar-refractivity contribution in [1.82, 2.24) is 14.9 Å². The van der Waals surface area contributed by atoms with E-state index in [0.29, 0.717) is 0 Å². The summed E-state index contributed by atoms with van der Waals surface area (Å²) in [6.45, 7) is 1.92. The number of aromatic nitrogens is 2. The molecule has 0 atom stereocenters. The van der Waals surface area contributed by atoms with Crippen molar-refractivity contribution in [2.45, 2.75) is 36.8 Å². The number of nitrogens with zero attached hydrogens (tertiary/aromatic N) is 1. The van der Waals surface area contributed by atoms with Gasteiger partial charge < -0.3 is 0 Å². The average molecular weight is 215 g/mol. The maximum Gasteiger partial charge on any atom is 0.257 e. The highest BCUT2D eigenvalue weighted by molar-refractivity contribution is 7.89. The lowest BCUT2D eigenvalue weighted by atomic mass is 9.80. The highest BCUT2D eigenvalue weighted by Crippen LogP contribution is 2.32. The summed E-state index contributed by atoms with van der Waals surface area (Å²) in [6.07, 6.45) is 4.32. The van der Waals surface area contributed by atoms with Gasteiger partial charge in [0.2, 0.25) is 0 Å². The third-order valence-corrected chi connectivity index (χ3v) is 4.17. The topological polar surface area (TPSA) is 74.8 Å². The van der Waals surface area contributed by atoms with Crippen LogP contribution in [0, 0.1) is 0 Å². The number of hydrogen-bond acceptors (Lipinski definition) is 3. The second-order valence-corrected chi connectivity index (χ2v) is 5.59. The molecule has 0 radical (unpaired) electrons. The Bertz CT molecular complexity index is 406. The lowest BCUT2D eigenvalue weighted by Crippen LogP contribution is -2.50. The Labute approximate surface area is 83.0 Å². The zero-order chi connectivity index (χ0) is 10.2. The van der Waals surface area contributed by atoms with E-state index in [1.807, 2.05) is 6.92 Å². The number of hydrogen-bond donors (Lipinski definition) is 2. The van der Waals surface area contributed by atoms with Gasteiger partial charge in [-0.2, -0.15) is 5.10 Å². The first kappa shape index (κ1) is 9.67. The van der Waals surface area contributed by atoms with Crippen molar-refractivity contribution < 1.29 is 8.42 Å². The number of nitrogens with one attached hydrogen (secondary N) is 2. The summed E-state index contributed by atoms with van der Waals surface area (Å²) in [7, 11) is -3.40. The normalized spacial score (nSPS) is 20.4. The van der Waals surface area contributed by atoms with Crippen LogP contribution in [0.25, 0.3) is 0 Å². The first-order valence-electron chi connectivity index (χ1n) is 4.55. The van der Waals surface area contributed by atoms with Gasteiger partial charge in [-0.25, -0.2) is 13.1 Å². The van der Waals surface area contributed by atoms with Gasteiger partial charge in [-0.3, -0.25) is 5.10 Å². The minimum Gasteiger partial charge on any atom is -0.266 e. The molecule has 0 spiro atoms. The molecule has 0 saturated heterocycles. The van der Waals surface area contributed by atoms with Crippen molar-refractivity contribution in [2.75, 3.05) is 0 Å². The molecule has 1 saturated carbocycles. The minimum atomic E-state index is -3.40. The van der Waals surface area contributed by atoms with Crippen LogP contribution in [0.5, 0.6) is 0 Å². The van der Waals surface area contributed by atoms with Crippen LogP contribution in [0.1, 0.15) is 26.2 Å². The Kier molecular flexibility index (Phi) is 2.11. The molecule has 1 heterocycles. The van der Waals surface area contributed by atoms with Gasteiger partial charge in [0.1, 0.15) is 0 Å². The van der Waals surface area contributed by atoms with Crippen molar-refractivity contribution in [3.05, 3.63) is 12.3 Å². The van der Waals surface area contributed by atoms with E-state index < -0.39 is 10.0 Å². The molecular weight excluding hydrogens is 202 g/mol. The molecule has 1 fully saturated rings. The molecule has 1 aromatic rings. The quantitative estimate of drug-likeness (QED) is 0.776. The maximum absolute atomic E-state index is 11.7. The van der Waals surface area contributed by atoms with Crippen molar-refractivity contribution in [3.8, 4) is 0 Å². The van der Waals surface area contributed by atoms with Crippen molar-refractivity contribution >= 4 is 10.0 Å². The third-order valence-electron chi connectivity index (χ3n) is 2.60. The van der Waals surface area contributed by atoms with Gasteiger partial charge in [-0.05, 0) is 32.3 Å². The first-order valence-corrected chi connectivity index (χ1v) is 6.04. The number of rotatable bonds is 3. The summed E-state index contributed by atoms with van der Waals surface area (Å²) < 4.78 is 26.1. The smallest absolute Gasteiger partial charge is 0.257 e. The predicted octanol–water partition coefficient (Wildman–Crippen LogP) is 0.631. The lowest BCUT2D eigenvalue weighted by molar-refractivity contribution is 0.247. The second-order valence-electron chi connectivity index (χ2n) is 3.94. The fraction of sp³-hybridized carbons (Fsp3) is 0.625. The summed E-state index contributed by atoms with van der Waals surface area (Å²) in [5, 5.41) is 6.20. The summed E-state index contributed by atoms with van der Waals surface area (Å²) in [6, 6.07) is 1.45. The highest BCUT2D eigenvalue weighted by Gasteiger charge is 2.36. The Balaban J connectivity index is 2.18. The largest absolute Gasteiger partial charge is 0.266 e. The van der Waals surface area contributed by atoms with Gasteiger partial charge >= 0.3 is 0 Å². The third kappa shape index (κ3) is 1.67. The molecule has 6 heteroatoms. The zero-order valence-electron chi connectivity index (χ0n) is 7.95. The van der Waals surface area contributed by atoms with Crippen LogP contribution in [-0.2, 0) is 10.0 Å². The van der Waals surface area contributed by atoms with E-state index in [4.69, 9.17) is 0 Å². The van der Waals surface area contributed by atoms with Crippen molar-refractivity contribution in [2.24, 2.45) is 0 Å². The lowest BCUT2D eigenvalue weighted by Gasteiger charge is -2.38. The molecule has 14 heavy (non-hydrogen) atoms. The van der Waals surface area contributed by atoms with E-state index in [-0.39, 0.29) is 10.6 Å². The Morgan fingerprint density at radius 3 is 2.71 bits per heavy atom. The maximum atomic E-state index is 11.7. The molecule has 2 rings (SSSR count). The Morgan fingerprint density at radius 2 is 2.29 bits per heavy atom. The van der Waals surface area contributed by atoms with Crippen LogP contribution in [0.3, 0.4) is 0 Å². The van der Waals surface area contributed by atoms with E-state index in [9.17, 15) is 8.42 Å². The fourth-order valence-corrected chi connectivity index (χ4v) is 2.96. The van der Waals surface area contributed by atoms with Gasteiger partial charge in [0.05, 0.1) is 6.20 Å². The molecular formula is C8H13N3O2S. The highest BCUT2D eigenvalue weighted by atomic mass is 32.2. The van der Waals surface area contributed by atoms with Gasteiger partial charge in [0, 0.05) is 5.54 Å². The van der Waals surface area contributed by atoms with Gasteiger partial charge in [-0.15, -0.1) is 0 Å². The SMILES string of the molecule is CC1(NS(=O)(=O)c2ccn[nH]2)CCC1. The minimum absolute atomic E-state index is 0.130. The van der Waals surface area contributed by atoms with Gasteiger partial charge in [0.25, 0.3) is 10.0 Å². The van der Waals surface area contributed by atoms with Crippen molar-refractivity contribution in [1.29, 1.82) is 0 Å². The van der Waals surface area contributed by atoms with Crippen LogP contribution in [0.4, 0.5) is 0 Å². The summed E-state index contributed by atoms with van der Waals surface area (Å²) in [5.41, 5.74) is -0.260. The fourth-order valence-electron chi connectivity index (χ4n) is 1.58. The van der Waals surface area contributed by atoms with Crippen LogP contribution < -0.4 is 4.72 Å². The molecule has 0 aliphatic heterocycles. The van der Waals surface area contributed by atoms with E-state index in [0.717, 1.165) is 19.3 Å². The number of H-pyrrole nitrogens is 1. The Morgan fingerprint density at radius 1 is 1.57 bits per heavy atom. The van der Waals surface area contributed by atoms with E-state index in [2.05, 4.69) is 14.9 Å². The molecule has 1 aliphatic carbocycles. The summed E-state index contributed by atoms with van der Waals surface area (Å²) in [5.74, 6) is 0. The molecule has 1 aliphatic rings. The monoisotopic (exact) mass is 215 g/mol.